The number of phenolic OH excluding ortho intramolecular Hbond substituents is 2. The summed E-state index contributed by atoms with van der Waals surface area (Å²) in [7, 11) is 0. The van der Waals surface area contributed by atoms with E-state index in [0.717, 1.165) is 70.8 Å². The van der Waals surface area contributed by atoms with Gasteiger partial charge in [-0.1, -0.05) is 19.1 Å². The second-order valence-electron chi connectivity index (χ2n) is 11.1. The van der Waals surface area contributed by atoms with Gasteiger partial charge in [-0.25, -0.2) is 0 Å². The summed E-state index contributed by atoms with van der Waals surface area (Å²) in [5.74, 6) is 0.168. The molecular formula is C30H39N7O4. The zero-order valence-electron chi connectivity index (χ0n) is 23.8. The largest absolute Gasteiger partial charge is 0.508 e. The SMILES string of the molecule is CCc1cc(-c2nnc(C(N)=O)n2-c2ccc(CN3CCN(CC4CCN(C(C)=O)CC4)CC3)cc2)c(O)cc1O. The molecule has 2 aromatic carbocycles. The number of aromatic hydroxyl groups is 2. The summed E-state index contributed by atoms with van der Waals surface area (Å²) in [5, 5.41) is 28.9. The van der Waals surface area contributed by atoms with E-state index in [1.165, 1.54) is 10.6 Å². The van der Waals surface area contributed by atoms with Gasteiger partial charge in [0, 0.05) is 71.0 Å². The zero-order chi connectivity index (χ0) is 29.1. The summed E-state index contributed by atoms with van der Waals surface area (Å²) in [4.78, 5) is 30.7. The monoisotopic (exact) mass is 561 g/mol. The predicted octanol–water partition coefficient (Wildman–Crippen LogP) is 2.38. The Morgan fingerprint density at radius 3 is 2.20 bits per heavy atom. The summed E-state index contributed by atoms with van der Waals surface area (Å²) in [6.07, 6.45) is 2.73. The molecule has 2 saturated heterocycles. The van der Waals surface area contributed by atoms with Gasteiger partial charge in [-0.15, -0.1) is 10.2 Å². The van der Waals surface area contributed by atoms with E-state index in [4.69, 9.17) is 5.73 Å². The van der Waals surface area contributed by atoms with Crippen molar-refractivity contribution in [2.45, 2.75) is 39.7 Å². The zero-order valence-corrected chi connectivity index (χ0v) is 23.8. The second kappa shape index (κ2) is 12.3. The lowest BCUT2D eigenvalue weighted by Crippen LogP contribution is -2.48. The Hall–Kier alpha value is -3.96. The summed E-state index contributed by atoms with van der Waals surface area (Å²) in [5.41, 5.74) is 8.40. The van der Waals surface area contributed by atoms with Gasteiger partial charge in [-0.3, -0.25) is 19.1 Å². The molecule has 0 unspecified atom stereocenters. The van der Waals surface area contributed by atoms with Crippen molar-refractivity contribution in [3.8, 4) is 28.6 Å². The Morgan fingerprint density at radius 1 is 0.927 bits per heavy atom. The maximum Gasteiger partial charge on any atom is 0.287 e. The number of benzene rings is 2. The number of piperidine rings is 1. The smallest absolute Gasteiger partial charge is 0.287 e. The maximum atomic E-state index is 12.2. The number of likely N-dealkylation sites (tertiary alicyclic amines) is 1. The molecule has 2 amide bonds. The minimum absolute atomic E-state index is 0.00452. The third kappa shape index (κ3) is 6.36. The van der Waals surface area contributed by atoms with Crippen LogP contribution in [0.1, 0.15) is 48.4 Å². The van der Waals surface area contributed by atoms with Crippen LogP contribution in [0.15, 0.2) is 36.4 Å². The van der Waals surface area contributed by atoms with Crippen molar-refractivity contribution in [2.24, 2.45) is 11.7 Å². The highest BCUT2D eigenvalue weighted by atomic mass is 16.3. The highest BCUT2D eigenvalue weighted by Crippen LogP contribution is 2.35. The highest BCUT2D eigenvalue weighted by Gasteiger charge is 2.25. The van der Waals surface area contributed by atoms with Crippen LogP contribution in [0.25, 0.3) is 17.1 Å². The highest BCUT2D eigenvalue weighted by molar-refractivity contribution is 5.91. The first-order valence-electron chi connectivity index (χ1n) is 14.3. The van der Waals surface area contributed by atoms with Crippen molar-refractivity contribution in [2.75, 3.05) is 45.8 Å². The topological polar surface area (TPSA) is 141 Å². The molecule has 0 radical (unpaired) electrons. The number of carbonyl (C=O) groups is 2. The number of hydrogen-bond donors (Lipinski definition) is 3. The van der Waals surface area contributed by atoms with E-state index in [2.05, 4.69) is 20.0 Å². The molecule has 0 saturated carbocycles. The average Bonchev–Trinajstić information content (AvgIpc) is 3.40. The van der Waals surface area contributed by atoms with Gasteiger partial charge < -0.3 is 25.7 Å². The number of amides is 2. The van der Waals surface area contributed by atoms with E-state index >= 15 is 0 Å². The molecule has 1 aromatic heterocycles. The van der Waals surface area contributed by atoms with Crippen LogP contribution in [0.3, 0.4) is 0 Å². The van der Waals surface area contributed by atoms with Crippen LogP contribution in [0.4, 0.5) is 0 Å². The number of rotatable bonds is 8. The number of aryl methyl sites for hydroxylation is 1. The molecule has 41 heavy (non-hydrogen) atoms. The van der Waals surface area contributed by atoms with Gasteiger partial charge in [-0.2, -0.15) is 0 Å². The molecule has 0 aliphatic carbocycles. The molecule has 4 N–H and O–H groups in total. The van der Waals surface area contributed by atoms with Crippen LogP contribution in [0.5, 0.6) is 11.5 Å². The van der Waals surface area contributed by atoms with Crippen LogP contribution in [0.2, 0.25) is 0 Å². The molecule has 3 aromatic rings. The summed E-state index contributed by atoms with van der Waals surface area (Å²) in [6.45, 7) is 11.3. The van der Waals surface area contributed by atoms with Gasteiger partial charge >= 0.3 is 0 Å². The van der Waals surface area contributed by atoms with Gasteiger partial charge in [-0.05, 0) is 54.5 Å². The fourth-order valence-corrected chi connectivity index (χ4v) is 5.88. The standard InChI is InChI=1S/C30H39N7O4/c1-3-23-16-25(27(40)17-26(23)39)29-32-33-30(28(31)41)37(29)24-6-4-21(5-7-24)18-34-12-14-35(15-13-34)19-22-8-10-36(11-9-22)20(2)38/h4-7,16-17,22,39-40H,3,8-15,18-19H2,1-2H3,(H2,31,41). The summed E-state index contributed by atoms with van der Waals surface area (Å²) in [6, 6.07) is 10.8. The molecule has 2 fully saturated rings. The van der Waals surface area contributed by atoms with Crippen LogP contribution in [0, 0.1) is 5.92 Å². The minimum atomic E-state index is -0.732. The molecule has 0 bridgehead atoms. The molecule has 11 nitrogen and oxygen atoms in total. The first-order chi connectivity index (χ1) is 19.7. The lowest BCUT2D eigenvalue weighted by atomic mass is 9.96. The Balaban J connectivity index is 1.23. The van der Waals surface area contributed by atoms with Crippen molar-refractivity contribution >= 4 is 11.8 Å². The molecule has 2 aliphatic heterocycles. The first kappa shape index (κ1) is 28.6. The van der Waals surface area contributed by atoms with Crippen LogP contribution < -0.4 is 5.73 Å². The molecule has 0 spiro atoms. The third-order valence-corrected chi connectivity index (χ3v) is 8.34. The van der Waals surface area contributed by atoms with Crippen molar-refractivity contribution in [1.82, 2.24) is 29.5 Å². The first-order valence-corrected chi connectivity index (χ1v) is 14.3. The van der Waals surface area contributed by atoms with Crippen molar-refractivity contribution in [1.29, 1.82) is 0 Å². The molecule has 11 heteroatoms. The van der Waals surface area contributed by atoms with E-state index in [-0.39, 0.29) is 29.1 Å². The minimum Gasteiger partial charge on any atom is -0.508 e. The summed E-state index contributed by atoms with van der Waals surface area (Å²) >= 11 is 0. The van der Waals surface area contributed by atoms with E-state index in [1.54, 1.807) is 13.0 Å². The van der Waals surface area contributed by atoms with E-state index in [0.29, 0.717) is 29.2 Å². The number of piperazine rings is 1. The second-order valence-corrected chi connectivity index (χ2v) is 11.1. The average molecular weight is 562 g/mol. The van der Waals surface area contributed by atoms with Gasteiger partial charge in [0.15, 0.2) is 5.82 Å². The fourth-order valence-electron chi connectivity index (χ4n) is 5.88. The van der Waals surface area contributed by atoms with Crippen LogP contribution in [-0.2, 0) is 17.8 Å². The lowest BCUT2D eigenvalue weighted by molar-refractivity contribution is -0.130. The number of nitrogens with zero attached hydrogens (tertiary/aromatic N) is 6. The van der Waals surface area contributed by atoms with Crippen LogP contribution in [-0.4, -0.2) is 97.3 Å². The van der Waals surface area contributed by atoms with Gasteiger partial charge in [0.25, 0.3) is 5.91 Å². The van der Waals surface area contributed by atoms with E-state index in [9.17, 15) is 19.8 Å². The van der Waals surface area contributed by atoms with Crippen molar-refractivity contribution in [3.05, 3.63) is 53.3 Å². The maximum absolute atomic E-state index is 12.2. The summed E-state index contributed by atoms with van der Waals surface area (Å²) < 4.78 is 1.54. The Bertz CT molecular complexity index is 1390. The quantitative estimate of drug-likeness (QED) is 0.381. The number of phenols is 2. The Kier molecular flexibility index (Phi) is 8.55. The molecule has 2 aliphatic rings. The molecular weight excluding hydrogens is 522 g/mol. The number of aromatic nitrogens is 3. The predicted molar refractivity (Wildman–Crippen MR) is 155 cm³/mol. The fraction of sp³-hybridized carbons (Fsp3) is 0.467. The number of hydrogen-bond acceptors (Lipinski definition) is 8. The van der Waals surface area contributed by atoms with Gasteiger partial charge in [0.2, 0.25) is 11.7 Å². The third-order valence-electron chi connectivity index (χ3n) is 8.34. The van der Waals surface area contributed by atoms with Crippen molar-refractivity contribution < 1.29 is 19.8 Å². The molecule has 5 rings (SSSR count). The van der Waals surface area contributed by atoms with E-state index < -0.39 is 5.91 Å². The number of nitrogens with two attached hydrogens (primary N) is 1. The van der Waals surface area contributed by atoms with E-state index in [1.807, 2.05) is 36.1 Å². The van der Waals surface area contributed by atoms with Gasteiger partial charge in [0.05, 0.1) is 5.56 Å². The van der Waals surface area contributed by atoms with Gasteiger partial charge in [0.1, 0.15) is 11.5 Å². The number of carbonyl (C=O) groups excluding carboxylic acids is 2. The Morgan fingerprint density at radius 2 is 1.59 bits per heavy atom. The molecule has 0 atom stereocenters. The van der Waals surface area contributed by atoms with Crippen molar-refractivity contribution in [3.63, 3.8) is 0 Å². The normalized spacial score (nSPS) is 17.2. The van der Waals surface area contributed by atoms with Crippen LogP contribution >= 0.6 is 0 Å². The number of primary amides is 1. The molecule has 218 valence electrons. The lowest BCUT2D eigenvalue weighted by Gasteiger charge is -2.38. The Labute approximate surface area is 240 Å². The molecule has 3 heterocycles.